The zero-order valence-corrected chi connectivity index (χ0v) is 21.9. The van der Waals surface area contributed by atoms with Crippen LogP contribution in [0.15, 0.2) is 24.4 Å². The molecule has 0 radical (unpaired) electrons. The van der Waals surface area contributed by atoms with Gasteiger partial charge in [-0.25, -0.2) is 4.98 Å². The molecule has 10 heteroatoms. The summed E-state index contributed by atoms with van der Waals surface area (Å²) in [6.45, 7) is 6.84. The van der Waals surface area contributed by atoms with Gasteiger partial charge in [-0.15, -0.1) is 0 Å². The Morgan fingerprint density at radius 3 is 2.61 bits per heavy atom. The van der Waals surface area contributed by atoms with E-state index >= 15 is 0 Å². The van der Waals surface area contributed by atoms with Crippen LogP contribution in [0.1, 0.15) is 66.1 Å². The number of piperidine rings is 1. The van der Waals surface area contributed by atoms with Crippen molar-refractivity contribution in [3.63, 3.8) is 0 Å². The Morgan fingerprint density at radius 2 is 1.94 bits per heavy atom. The Kier molecular flexibility index (Phi) is 7.72. The molecule has 36 heavy (non-hydrogen) atoms. The van der Waals surface area contributed by atoms with E-state index in [-0.39, 0.29) is 18.1 Å². The quantitative estimate of drug-likeness (QED) is 0.375. The minimum atomic E-state index is -2.35. The van der Waals surface area contributed by atoms with Crippen molar-refractivity contribution in [3.8, 4) is 0 Å². The van der Waals surface area contributed by atoms with Crippen LogP contribution in [0.5, 0.6) is 0 Å². The van der Waals surface area contributed by atoms with Crippen LogP contribution in [0.4, 0.5) is 11.8 Å². The van der Waals surface area contributed by atoms with Gasteiger partial charge in [0.15, 0.2) is 0 Å². The summed E-state index contributed by atoms with van der Waals surface area (Å²) >= 11 is 0. The smallest absolute Gasteiger partial charge is 0.327 e. The number of aryl methyl sites for hydroxylation is 2. The van der Waals surface area contributed by atoms with Crippen molar-refractivity contribution in [1.82, 2.24) is 15.3 Å². The minimum absolute atomic E-state index is 0.00317. The van der Waals surface area contributed by atoms with Gasteiger partial charge in [0.1, 0.15) is 11.4 Å². The summed E-state index contributed by atoms with van der Waals surface area (Å²) in [6.07, 6.45) is 6.59. The van der Waals surface area contributed by atoms with Crippen molar-refractivity contribution in [2.75, 3.05) is 23.3 Å². The van der Waals surface area contributed by atoms with Gasteiger partial charge in [-0.3, -0.25) is 4.79 Å². The molecule has 2 aromatic rings. The molecule has 5 rings (SSSR count). The predicted molar refractivity (Wildman–Crippen MR) is 140 cm³/mol. The Bertz CT molecular complexity index is 1080. The van der Waals surface area contributed by atoms with Gasteiger partial charge < -0.3 is 29.8 Å². The summed E-state index contributed by atoms with van der Waals surface area (Å²) in [6, 6.07) is 6.48. The Labute approximate surface area is 213 Å². The number of fused-ring (bicyclic) bond motifs is 1. The average molecular weight is 514 g/mol. The number of benzene rings is 1. The summed E-state index contributed by atoms with van der Waals surface area (Å²) < 4.78 is 5.15. The monoisotopic (exact) mass is 513 g/mol. The van der Waals surface area contributed by atoms with Crippen LogP contribution in [-0.4, -0.2) is 50.9 Å². The van der Waals surface area contributed by atoms with E-state index in [1.165, 1.54) is 17.5 Å². The number of aromatic nitrogens is 2. The molecule has 194 valence electrons. The van der Waals surface area contributed by atoms with Crippen molar-refractivity contribution in [2.45, 2.75) is 71.1 Å². The maximum atomic E-state index is 13.3. The SMILES string of the molecule is CCc1ccc(CNc2nc(N3CC4CC4C3)ncc2C(=O)NC2CCC(OP(O)O)CC2)cc1C. The van der Waals surface area contributed by atoms with E-state index in [0.717, 1.165) is 49.8 Å². The van der Waals surface area contributed by atoms with Crippen molar-refractivity contribution in [2.24, 2.45) is 11.8 Å². The fraction of sp³-hybridized carbons (Fsp3) is 0.577. The van der Waals surface area contributed by atoms with Crippen molar-refractivity contribution < 1.29 is 19.1 Å². The highest BCUT2D eigenvalue weighted by molar-refractivity contribution is 7.39. The van der Waals surface area contributed by atoms with Gasteiger partial charge in [0.2, 0.25) is 5.95 Å². The van der Waals surface area contributed by atoms with Crippen LogP contribution in [-0.2, 0) is 17.5 Å². The number of anilines is 2. The maximum absolute atomic E-state index is 13.3. The molecule has 0 spiro atoms. The molecule has 1 saturated heterocycles. The largest absolute Gasteiger partial charge is 0.365 e. The van der Waals surface area contributed by atoms with Gasteiger partial charge in [0.05, 0.1) is 6.10 Å². The van der Waals surface area contributed by atoms with Gasteiger partial charge in [-0.1, -0.05) is 25.1 Å². The molecule has 2 unspecified atom stereocenters. The first-order chi connectivity index (χ1) is 17.4. The van der Waals surface area contributed by atoms with E-state index in [9.17, 15) is 4.79 Å². The predicted octanol–water partition coefficient (Wildman–Crippen LogP) is 3.68. The molecule has 2 atom stereocenters. The van der Waals surface area contributed by atoms with Gasteiger partial charge in [0, 0.05) is 31.9 Å². The summed E-state index contributed by atoms with van der Waals surface area (Å²) in [5, 5.41) is 6.54. The fourth-order valence-corrected chi connectivity index (χ4v) is 6.02. The Balaban J connectivity index is 1.28. The molecular weight excluding hydrogens is 477 g/mol. The van der Waals surface area contributed by atoms with E-state index in [4.69, 9.17) is 19.3 Å². The second kappa shape index (κ2) is 11.0. The molecule has 1 aromatic heterocycles. The number of carbonyl (C=O) groups is 1. The first-order valence-corrected chi connectivity index (χ1v) is 14.2. The average Bonchev–Trinajstić information content (AvgIpc) is 3.48. The van der Waals surface area contributed by atoms with Crippen molar-refractivity contribution in [1.29, 1.82) is 0 Å². The topological polar surface area (TPSA) is 120 Å². The van der Waals surface area contributed by atoms with E-state index in [1.807, 2.05) is 0 Å². The van der Waals surface area contributed by atoms with Crippen molar-refractivity contribution in [3.05, 3.63) is 46.6 Å². The molecule has 1 amide bonds. The first-order valence-electron chi connectivity index (χ1n) is 13.0. The molecule has 1 aliphatic heterocycles. The second-order valence-electron chi connectivity index (χ2n) is 10.4. The number of hydrogen-bond donors (Lipinski definition) is 4. The van der Waals surface area contributed by atoms with E-state index < -0.39 is 8.60 Å². The number of nitrogens with one attached hydrogen (secondary N) is 2. The van der Waals surface area contributed by atoms with Gasteiger partial charge in [-0.05, 0) is 74.0 Å². The summed E-state index contributed by atoms with van der Waals surface area (Å²) in [5.41, 5.74) is 4.19. The van der Waals surface area contributed by atoms with Crippen molar-refractivity contribution >= 4 is 26.3 Å². The minimum Gasteiger partial charge on any atom is -0.365 e. The highest BCUT2D eigenvalue weighted by atomic mass is 31.2. The van der Waals surface area contributed by atoms with Crippen LogP contribution in [0, 0.1) is 18.8 Å². The zero-order chi connectivity index (χ0) is 25.2. The molecule has 9 nitrogen and oxygen atoms in total. The number of hydrogen-bond acceptors (Lipinski definition) is 8. The Morgan fingerprint density at radius 1 is 1.19 bits per heavy atom. The zero-order valence-electron chi connectivity index (χ0n) is 21.0. The lowest BCUT2D eigenvalue weighted by atomic mass is 9.93. The lowest BCUT2D eigenvalue weighted by Gasteiger charge is -2.29. The number of carbonyl (C=O) groups excluding carboxylic acids is 1. The third-order valence-corrected chi connectivity index (χ3v) is 8.27. The number of nitrogens with zero attached hydrogens (tertiary/aromatic N) is 3. The summed E-state index contributed by atoms with van der Waals surface area (Å²) in [4.78, 5) is 43.1. The number of amides is 1. The third-order valence-electron chi connectivity index (χ3n) is 7.78. The first kappa shape index (κ1) is 25.3. The molecular formula is C26H36N5O4P. The van der Waals surface area contributed by atoms with E-state index in [0.29, 0.717) is 36.7 Å². The second-order valence-corrected chi connectivity index (χ2v) is 11.1. The highest BCUT2D eigenvalue weighted by Crippen LogP contribution is 2.45. The standard InChI is InChI=1S/C26H36N5O4P/c1-3-18-5-4-17(10-16(18)2)12-27-24-23(13-28-26(30-24)31-14-19-11-20(19)15-31)25(32)29-21-6-8-22(9-7-21)35-36(33)34/h4-5,10,13,19-22,33-34H,3,6-9,11-12,14-15H2,1-2H3,(H,29,32)(H,27,28,30). The molecule has 2 heterocycles. The molecule has 3 aliphatic rings. The molecule has 2 aliphatic carbocycles. The summed E-state index contributed by atoms with van der Waals surface area (Å²) in [7, 11) is -2.35. The Hall–Kier alpha value is -2.32. The molecule has 2 saturated carbocycles. The maximum Gasteiger partial charge on any atom is 0.327 e. The molecule has 0 bridgehead atoms. The van der Waals surface area contributed by atoms with Crippen LogP contribution >= 0.6 is 8.60 Å². The van der Waals surface area contributed by atoms with E-state index in [2.05, 4.69) is 52.6 Å². The van der Waals surface area contributed by atoms with Crippen LogP contribution in [0.2, 0.25) is 0 Å². The molecule has 1 aromatic carbocycles. The molecule has 3 fully saturated rings. The lowest BCUT2D eigenvalue weighted by molar-refractivity contribution is 0.0878. The number of rotatable bonds is 9. The summed E-state index contributed by atoms with van der Waals surface area (Å²) in [5.74, 6) is 2.57. The fourth-order valence-electron chi connectivity index (χ4n) is 5.55. The molecule has 4 N–H and O–H groups in total. The third kappa shape index (κ3) is 5.97. The lowest BCUT2D eigenvalue weighted by Crippen LogP contribution is -2.39. The normalized spacial score (nSPS) is 25.1. The van der Waals surface area contributed by atoms with Crippen LogP contribution in [0.25, 0.3) is 0 Å². The van der Waals surface area contributed by atoms with E-state index in [1.54, 1.807) is 6.20 Å². The highest BCUT2D eigenvalue weighted by Gasteiger charge is 2.46. The van der Waals surface area contributed by atoms with Gasteiger partial charge >= 0.3 is 8.60 Å². The van der Waals surface area contributed by atoms with Gasteiger partial charge in [-0.2, -0.15) is 4.98 Å². The van der Waals surface area contributed by atoms with Crippen LogP contribution < -0.4 is 15.5 Å². The van der Waals surface area contributed by atoms with Gasteiger partial charge in [0.25, 0.3) is 5.91 Å². The van der Waals surface area contributed by atoms with Crippen LogP contribution in [0.3, 0.4) is 0 Å².